The quantitative estimate of drug-likeness (QED) is 0.907. The Bertz CT molecular complexity index is 660. The first-order valence-corrected chi connectivity index (χ1v) is 8.63. The number of rotatable bonds is 3. The summed E-state index contributed by atoms with van der Waals surface area (Å²) in [5.41, 5.74) is 2.10. The van der Waals surface area contributed by atoms with Crippen LogP contribution < -0.4 is 5.32 Å². The van der Waals surface area contributed by atoms with Crippen LogP contribution in [0.5, 0.6) is 0 Å². The zero-order valence-corrected chi connectivity index (χ0v) is 14.7. The number of piperidine rings is 1. The SMILES string of the molecule is CCc1nnc(C)cc1C(=O)N1CC[C@H]2[C@@H](C1)NC(=O)N2C(C)C. The van der Waals surface area contributed by atoms with Crippen LogP contribution in [-0.4, -0.2) is 63.2 Å². The number of likely N-dealkylation sites (tertiary alicyclic amines) is 1. The van der Waals surface area contributed by atoms with E-state index in [0.29, 0.717) is 25.1 Å². The molecule has 2 fully saturated rings. The number of urea groups is 1. The molecule has 3 heterocycles. The molecule has 24 heavy (non-hydrogen) atoms. The molecule has 3 amide bonds. The Morgan fingerprint density at radius 2 is 2.17 bits per heavy atom. The topological polar surface area (TPSA) is 78.4 Å². The standard InChI is InChI=1S/C17H25N5O2/c1-5-13-12(8-11(4)19-20-13)16(23)21-7-6-15-14(9-21)18-17(24)22(15)10(2)3/h8,10,14-15H,5-7,9H2,1-4H3,(H,18,24)/t14-,15+/m1/s1. The monoisotopic (exact) mass is 331 g/mol. The first-order valence-electron chi connectivity index (χ1n) is 8.63. The molecule has 2 aliphatic rings. The molecular weight excluding hydrogens is 306 g/mol. The third kappa shape index (κ3) is 2.83. The minimum Gasteiger partial charge on any atom is -0.336 e. The number of fused-ring (bicyclic) bond motifs is 1. The molecule has 2 aliphatic heterocycles. The average Bonchev–Trinajstić information content (AvgIpc) is 2.89. The van der Waals surface area contributed by atoms with Crippen LogP contribution in [0.4, 0.5) is 4.79 Å². The van der Waals surface area contributed by atoms with Gasteiger partial charge in [-0.2, -0.15) is 10.2 Å². The second kappa shape index (κ2) is 6.37. The van der Waals surface area contributed by atoms with E-state index in [9.17, 15) is 9.59 Å². The van der Waals surface area contributed by atoms with Crippen LogP contribution in [0, 0.1) is 6.92 Å². The van der Waals surface area contributed by atoms with E-state index in [2.05, 4.69) is 15.5 Å². The lowest BCUT2D eigenvalue weighted by molar-refractivity contribution is 0.0643. The minimum absolute atomic E-state index is 0.00132. The molecular formula is C17H25N5O2. The number of aryl methyl sites for hydroxylation is 2. The highest BCUT2D eigenvalue weighted by Crippen LogP contribution is 2.26. The first kappa shape index (κ1) is 16.7. The summed E-state index contributed by atoms with van der Waals surface area (Å²) in [5, 5.41) is 11.2. The van der Waals surface area contributed by atoms with Gasteiger partial charge in [0.05, 0.1) is 29.0 Å². The first-order chi connectivity index (χ1) is 11.4. The maximum absolute atomic E-state index is 12.9. The van der Waals surface area contributed by atoms with Crippen LogP contribution in [0.2, 0.25) is 0 Å². The summed E-state index contributed by atoms with van der Waals surface area (Å²) in [5.74, 6) is -0.0134. The van der Waals surface area contributed by atoms with Crippen LogP contribution >= 0.6 is 0 Å². The summed E-state index contributed by atoms with van der Waals surface area (Å²) in [4.78, 5) is 28.9. The highest BCUT2D eigenvalue weighted by molar-refractivity contribution is 5.95. The normalized spacial score (nSPS) is 23.5. The van der Waals surface area contributed by atoms with Crippen molar-refractivity contribution < 1.29 is 9.59 Å². The van der Waals surface area contributed by atoms with Crippen LogP contribution in [-0.2, 0) is 6.42 Å². The Morgan fingerprint density at radius 3 is 2.83 bits per heavy atom. The fourth-order valence-electron chi connectivity index (χ4n) is 3.73. The van der Waals surface area contributed by atoms with E-state index in [4.69, 9.17) is 0 Å². The molecule has 7 nitrogen and oxygen atoms in total. The van der Waals surface area contributed by atoms with Crippen LogP contribution in [0.1, 0.15) is 48.9 Å². The third-order valence-electron chi connectivity index (χ3n) is 4.88. The summed E-state index contributed by atoms with van der Waals surface area (Å²) in [6.45, 7) is 9.07. The highest BCUT2D eigenvalue weighted by Gasteiger charge is 2.44. The molecule has 0 radical (unpaired) electrons. The van der Waals surface area contributed by atoms with E-state index >= 15 is 0 Å². The predicted octanol–water partition coefficient (Wildman–Crippen LogP) is 1.36. The van der Waals surface area contributed by atoms with Crippen molar-refractivity contribution in [2.75, 3.05) is 13.1 Å². The molecule has 2 atom stereocenters. The van der Waals surface area contributed by atoms with Gasteiger partial charge in [-0.15, -0.1) is 0 Å². The smallest absolute Gasteiger partial charge is 0.318 e. The summed E-state index contributed by atoms with van der Waals surface area (Å²) in [7, 11) is 0. The molecule has 7 heteroatoms. The molecule has 1 aromatic heterocycles. The molecule has 2 saturated heterocycles. The van der Waals surface area contributed by atoms with Crippen LogP contribution in [0.25, 0.3) is 0 Å². The van der Waals surface area contributed by atoms with Crippen LogP contribution in [0.15, 0.2) is 6.07 Å². The molecule has 3 rings (SSSR count). The van der Waals surface area contributed by atoms with E-state index < -0.39 is 0 Å². The second-order valence-corrected chi connectivity index (χ2v) is 6.86. The van der Waals surface area contributed by atoms with Gasteiger partial charge in [-0.05, 0) is 39.7 Å². The van der Waals surface area contributed by atoms with E-state index in [-0.39, 0.29) is 30.1 Å². The largest absolute Gasteiger partial charge is 0.336 e. The Labute approximate surface area is 142 Å². The molecule has 0 bridgehead atoms. The Balaban J connectivity index is 1.78. The van der Waals surface area contributed by atoms with Crippen molar-refractivity contribution >= 4 is 11.9 Å². The second-order valence-electron chi connectivity index (χ2n) is 6.86. The van der Waals surface area contributed by atoms with Gasteiger partial charge >= 0.3 is 6.03 Å². The fraction of sp³-hybridized carbons (Fsp3) is 0.647. The number of carbonyl (C=O) groups is 2. The van der Waals surface area contributed by atoms with Gasteiger partial charge in [0.25, 0.3) is 5.91 Å². The Kier molecular flexibility index (Phi) is 4.43. The summed E-state index contributed by atoms with van der Waals surface area (Å²) >= 11 is 0. The average molecular weight is 331 g/mol. The van der Waals surface area contributed by atoms with Crippen molar-refractivity contribution in [3.05, 3.63) is 23.0 Å². The maximum atomic E-state index is 12.9. The molecule has 1 aromatic rings. The third-order valence-corrected chi connectivity index (χ3v) is 4.88. The lowest BCUT2D eigenvalue weighted by atomic mass is 9.98. The lowest BCUT2D eigenvalue weighted by Crippen LogP contribution is -2.53. The molecule has 0 aromatic carbocycles. The van der Waals surface area contributed by atoms with Crippen molar-refractivity contribution in [3.8, 4) is 0 Å². The molecule has 0 unspecified atom stereocenters. The van der Waals surface area contributed by atoms with Crippen molar-refractivity contribution in [3.63, 3.8) is 0 Å². The van der Waals surface area contributed by atoms with E-state index in [1.807, 2.05) is 43.6 Å². The number of amides is 3. The molecule has 1 N–H and O–H groups in total. The zero-order valence-electron chi connectivity index (χ0n) is 14.7. The van der Waals surface area contributed by atoms with E-state index in [1.165, 1.54) is 0 Å². The number of hydrogen-bond donors (Lipinski definition) is 1. The van der Waals surface area contributed by atoms with Crippen molar-refractivity contribution in [2.24, 2.45) is 0 Å². The molecule has 0 spiro atoms. The van der Waals surface area contributed by atoms with Gasteiger partial charge in [0.1, 0.15) is 0 Å². The lowest BCUT2D eigenvalue weighted by Gasteiger charge is -2.38. The number of aromatic nitrogens is 2. The minimum atomic E-state index is -0.0232. The molecule has 130 valence electrons. The predicted molar refractivity (Wildman–Crippen MR) is 89.8 cm³/mol. The highest BCUT2D eigenvalue weighted by atomic mass is 16.2. The Morgan fingerprint density at radius 1 is 1.42 bits per heavy atom. The maximum Gasteiger partial charge on any atom is 0.318 e. The zero-order chi connectivity index (χ0) is 17.4. The fourth-order valence-corrected chi connectivity index (χ4v) is 3.73. The van der Waals surface area contributed by atoms with Gasteiger partial charge in [-0.3, -0.25) is 4.79 Å². The van der Waals surface area contributed by atoms with Gasteiger partial charge in [0.15, 0.2) is 0 Å². The summed E-state index contributed by atoms with van der Waals surface area (Å²) in [6, 6.07) is 2.13. The van der Waals surface area contributed by atoms with Crippen molar-refractivity contribution in [1.29, 1.82) is 0 Å². The van der Waals surface area contributed by atoms with E-state index in [0.717, 1.165) is 17.8 Å². The van der Waals surface area contributed by atoms with E-state index in [1.54, 1.807) is 0 Å². The number of nitrogens with one attached hydrogen (secondary N) is 1. The van der Waals surface area contributed by atoms with Crippen LogP contribution in [0.3, 0.4) is 0 Å². The van der Waals surface area contributed by atoms with Crippen molar-refractivity contribution in [2.45, 2.75) is 58.7 Å². The Hall–Kier alpha value is -2.18. The summed E-state index contributed by atoms with van der Waals surface area (Å²) < 4.78 is 0. The van der Waals surface area contributed by atoms with Crippen molar-refractivity contribution in [1.82, 2.24) is 25.3 Å². The van der Waals surface area contributed by atoms with Gasteiger partial charge < -0.3 is 15.1 Å². The van der Waals surface area contributed by atoms with Gasteiger partial charge in [0.2, 0.25) is 0 Å². The van der Waals surface area contributed by atoms with Gasteiger partial charge in [-0.25, -0.2) is 4.79 Å². The number of carbonyl (C=O) groups excluding carboxylic acids is 2. The molecule has 0 aliphatic carbocycles. The molecule has 0 saturated carbocycles. The summed E-state index contributed by atoms with van der Waals surface area (Å²) in [6.07, 6.45) is 1.47. The number of nitrogens with zero attached hydrogens (tertiary/aromatic N) is 4. The number of hydrogen-bond acceptors (Lipinski definition) is 4. The van der Waals surface area contributed by atoms with Gasteiger partial charge in [0, 0.05) is 19.1 Å². The van der Waals surface area contributed by atoms with Gasteiger partial charge in [-0.1, -0.05) is 6.92 Å².